The van der Waals surface area contributed by atoms with Crippen LogP contribution in [-0.4, -0.2) is 28.5 Å². The van der Waals surface area contributed by atoms with Crippen molar-refractivity contribution in [2.75, 3.05) is 13.6 Å². The fourth-order valence-corrected chi connectivity index (χ4v) is 5.77. The number of hydrogen-bond donors (Lipinski definition) is 1. The summed E-state index contributed by atoms with van der Waals surface area (Å²) < 4.78 is 0. The third kappa shape index (κ3) is 3.30. The smallest absolute Gasteiger partial charge is 0.0501 e. The van der Waals surface area contributed by atoms with E-state index in [9.17, 15) is 0 Å². The molecule has 0 atom stereocenters. The number of nitrogens with one attached hydrogen (secondary N) is 1. The summed E-state index contributed by atoms with van der Waals surface area (Å²) in [6, 6.07) is 13.6. The Labute approximate surface area is 176 Å². The summed E-state index contributed by atoms with van der Waals surface area (Å²) in [6.45, 7) is 8.86. The highest BCUT2D eigenvalue weighted by Gasteiger charge is 2.20. The first-order valence-electron chi connectivity index (χ1n) is 10.4. The molecule has 1 aliphatic heterocycles. The molecule has 0 radical (unpaired) electrons. The minimum atomic E-state index is 0.438. The Morgan fingerprint density at radius 3 is 2.76 bits per heavy atom. The second-order valence-electron chi connectivity index (χ2n) is 8.56. The molecular weight excluding hydrogens is 374 g/mol. The lowest BCUT2D eigenvalue weighted by molar-refractivity contribution is 0.317. The summed E-state index contributed by atoms with van der Waals surface area (Å²) in [5, 5.41) is 1.34. The first-order valence-corrected chi connectivity index (χ1v) is 11.2. The maximum atomic E-state index is 4.37. The van der Waals surface area contributed by atoms with Gasteiger partial charge in [-0.05, 0) is 73.3 Å². The monoisotopic (exact) mass is 401 g/mol. The van der Waals surface area contributed by atoms with Crippen LogP contribution in [0.25, 0.3) is 32.6 Å². The molecule has 0 unspecified atom stereocenters. The number of aromatic nitrogens is 2. The van der Waals surface area contributed by atoms with E-state index in [-0.39, 0.29) is 0 Å². The maximum Gasteiger partial charge on any atom is 0.0501 e. The standard InChI is InChI=1S/C25H27N3S/c1-15(2)24-20-12-17(22-13-18-8-10-28(4)14-23(18)29-22)5-6-21(20)27-25(24)19-7-9-26-16(3)11-19/h5-7,9,11-13,15,27H,8,10,14H2,1-4H3. The lowest BCUT2D eigenvalue weighted by Gasteiger charge is -2.21. The van der Waals surface area contributed by atoms with Crippen molar-refractivity contribution in [2.24, 2.45) is 0 Å². The van der Waals surface area contributed by atoms with Gasteiger partial charge in [-0.1, -0.05) is 19.9 Å². The van der Waals surface area contributed by atoms with Gasteiger partial charge in [0.1, 0.15) is 0 Å². The zero-order valence-electron chi connectivity index (χ0n) is 17.5. The lowest BCUT2D eigenvalue weighted by atomic mass is 9.95. The van der Waals surface area contributed by atoms with Crippen molar-refractivity contribution in [1.29, 1.82) is 0 Å². The highest BCUT2D eigenvalue weighted by atomic mass is 32.1. The average Bonchev–Trinajstić information content (AvgIpc) is 3.28. The molecule has 0 spiro atoms. The molecule has 5 rings (SSSR count). The van der Waals surface area contributed by atoms with E-state index in [1.54, 1.807) is 0 Å². The molecule has 0 amide bonds. The first-order chi connectivity index (χ1) is 14.0. The summed E-state index contributed by atoms with van der Waals surface area (Å²) in [7, 11) is 2.21. The van der Waals surface area contributed by atoms with Crippen molar-refractivity contribution in [3.8, 4) is 21.7 Å². The predicted octanol–water partition coefficient (Wildman–Crippen LogP) is 6.38. The van der Waals surface area contributed by atoms with Crippen LogP contribution in [0.15, 0.2) is 42.6 Å². The Morgan fingerprint density at radius 2 is 1.97 bits per heavy atom. The maximum absolute atomic E-state index is 4.37. The molecule has 0 bridgehead atoms. The topological polar surface area (TPSA) is 31.9 Å². The second kappa shape index (κ2) is 7.12. The number of benzene rings is 1. The molecule has 0 saturated heterocycles. The number of fused-ring (bicyclic) bond motifs is 2. The van der Waals surface area contributed by atoms with Crippen LogP contribution in [0.2, 0.25) is 0 Å². The highest BCUT2D eigenvalue weighted by molar-refractivity contribution is 7.15. The van der Waals surface area contributed by atoms with E-state index in [1.165, 1.54) is 48.6 Å². The van der Waals surface area contributed by atoms with Crippen LogP contribution < -0.4 is 0 Å². The first kappa shape index (κ1) is 18.6. The SMILES string of the molecule is Cc1cc(-c2[nH]c3ccc(-c4cc5c(s4)CN(C)CC5)cc3c2C(C)C)ccn1. The van der Waals surface area contributed by atoms with Gasteiger partial charge >= 0.3 is 0 Å². The molecule has 3 nitrogen and oxygen atoms in total. The van der Waals surface area contributed by atoms with Gasteiger partial charge in [0.05, 0.1) is 5.69 Å². The van der Waals surface area contributed by atoms with Gasteiger partial charge < -0.3 is 9.88 Å². The summed E-state index contributed by atoms with van der Waals surface area (Å²) >= 11 is 1.96. The number of thiophene rings is 1. The Balaban J connectivity index is 1.64. The molecule has 0 saturated carbocycles. The predicted molar refractivity (Wildman–Crippen MR) is 124 cm³/mol. The number of nitrogens with zero attached hydrogens (tertiary/aromatic N) is 2. The van der Waals surface area contributed by atoms with Crippen LogP contribution in [0.3, 0.4) is 0 Å². The molecule has 148 valence electrons. The number of aryl methyl sites for hydroxylation is 1. The summed E-state index contributed by atoms with van der Waals surface area (Å²) in [4.78, 5) is 13.4. The summed E-state index contributed by atoms with van der Waals surface area (Å²) in [5.74, 6) is 0.438. The summed E-state index contributed by atoms with van der Waals surface area (Å²) in [6.07, 6.45) is 3.07. The van der Waals surface area contributed by atoms with Crippen molar-refractivity contribution in [2.45, 2.75) is 39.7 Å². The number of rotatable bonds is 3. The molecule has 1 N–H and O–H groups in total. The van der Waals surface area contributed by atoms with Crippen LogP contribution in [0.5, 0.6) is 0 Å². The van der Waals surface area contributed by atoms with Crippen LogP contribution in [0, 0.1) is 6.92 Å². The van der Waals surface area contributed by atoms with Gasteiger partial charge in [0.25, 0.3) is 0 Å². The molecule has 1 aromatic carbocycles. The quantitative estimate of drug-likeness (QED) is 0.432. The van der Waals surface area contributed by atoms with Gasteiger partial charge in [-0.25, -0.2) is 0 Å². The van der Waals surface area contributed by atoms with Crippen molar-refractivity contribution in [1.82, 2.24) is 14.9 Å². The molecule has 3 aromatic heterocycles. The molecule has 29 heavy (non-hydrogen) atoms. The Kier molecular flexibility index (Phi) is 4.56. The van der Waals surface area contributed by atoms with Gasteiger partial charge in [-0.15, -0.1) is 11.3 Å². The third-order valence-electron chi connectivity index (χ3n) is 5.96. The number of aromatic amines is 1. The van der Waals surface area contributed by atoms with Crippen LogP contribution in [0.1, 0.15) is 41.5 Å². The van der Waals surface area contributed by atoms with Crippen LogP contribution >= 0.6 is 11.3 Å². The normalized spacial score (nSPS) is 14.7. The largest absolute Gasteiger partial charge is 0.354 e. The van der Waals surface area contributed by atoms with Crippen molar-refractivity contribution >= 4 is 22.2 Å². The number of pyridine rings is 1. The zero-order valence-corrected chi connectivity index (χ0v) is 18.4. The van der Waals surface area contributed by atoms with Crippen molar-refractivity contribution in [3.05, 3.63) is 64.3 Å². The van der Waals surface area contributed by atoms with Gasteiger partial charge in [0, 0.05) is 51.2 Å². The Bertz CT molecular complexity index is 1200. The molecular formula is C25H27N3S. The molecule has 1 aliphatic rings. The van der Waals surface area contributed by atoms with E-state index >= 15 is 0 Å². The average molecular weight is 402 g/mol. The third-order valence-corrected chi connectivity index (χ3v) is 7.17. The van der Waals surface area contributed by atoms with Gasteiger partial charge in [0.15, 0.2) is 0 Å². The lowest BCUT2D eigenvalue weighted by Crippen LogP contribution is -2.24. The molecule has 4 aromatic rings. The second-order valence-corrected chi connectivity index (χ2v) is 9.70. The number of hydrogen-bond acceptors (Lipinski definition) is 3. The van der Waals surface area contributed by atoms with Gasteiger partial charge in [-0.3, -0.25) is 4.98 Å². The molecule has 0 fully saturated rings. The van der Waals surface area contributed by atoms with E-state index < -0.39 is 0 Å². The van der Waals surface area contributed by atoms with Gasteiger partial charge in [-0.2, -0.15) is 0 Å². The Hall–Kier alpha value is -2.43. The van der Waals surface area contributed by atoms with E-state index in [0.29, 0.717) is 5.92 Å². The minimum Gasteiger partial charge on any atom is -0.354 e. The molecule has 0 aliphatic carbocycles. The van der Waals surface area contributed by atoms with Crippen molar-refractivity contribution < 1.29 is 0 Å². The van der Waals surface area contributed by atoms with E-state index in [4.69, 9.17) is 0 Å². The number of likely N-dealkylation sites (N-methyl/N-ethyl adjacent to an activating group) is 1. The summed E-state index contributed by atoms with van der Waals surface area (Å²) in [5.41, 5.74) is 8.97. The fraction of sp³-hybridized carbons (Fsp3) is 0.320. The highest BCUT2D eigenvalue weighted by Crippen LogP contribution is 2.40. The molecule has 4 heterocycles. The van der Waals surface area contributed by atoms with Crippen LogP contribution in [0.4, 0.5) is 0 Å². The fourth-order valence-electron chi connectivity index (χ4n) is 4.48. The van der Waals surface area contributed by atoms with Crippen LogP contribution in [-0.2, 0) is 13.0 Å². The Morgan fingerprint density at radius 1 is 1.10 bits per heavy atom. The molecule has 4 heteroatoms. The van der Waals surface area contributed by atoms with E-state index in [0.717, 1.165) is 25.2 Å². The van der Waals surface area contributed by atoms with Gasteiger partial charge in [0.2, 0.25) is 0 Å². The van der Waals surface area contributed by atoms with Crippen molar-refractivity contribution in [3.63, 3.8) is 0 Å². The number of H-pyrrole nitrogens is 1. The van der Waals surface area contributed by atoms with E-state index in [2.05, 4.69) is 79.1 Å². The zero-order chi connectivity index (χ0) is 20.1. The minimum absolute atomic E-state index is 0.438. The van der Waals surface area contributed by atoms with E-state index in [1.807, 2.05) is 17.5 Å².